The van der Waals surface area contributed by atoms with Crippen LogP contribution in [-0.4, -0.2) is 37.6 Å². The lowest BCUT2D eigenvalue weighted by Crippen LogP contribution is -2.30. The van der Waals surface area contributed by atoms with E-state index in [-0.39, 0.29) is 11.6 Å². The molecule has 2 heterocycles. The van der Waals surface area contributed by atoms with Gasteiger partial charge in [-0.25, -0.2) is 14.3 Å². The van der Waals surface area contributed by atoms with Gasteiger partial charge in [0, 0.05) is 11.9 Å². The maximum absolute atomic E-state index is 12.2. The minimum Gasteiger partial charge on any atom is -0.447 e. The van der Waals surface area contributed by atoms with E-state index in [4.69, 9.17) is 10.00 Å². The van der Waals surface area contributed by atoms with E-state index >= 15 is 0 Å². The molecule has 0 aliphatic heterocycles. The van der Waals surface area contributed by atoms with Gasteiger partial charge in [-0.15, -0.1) is 5.10 Å². The van der Waals surface area contributed by atoms with Crippen molar-refractivity contribution in [3.63, 3.8) is 0 Å². The van der Waals surface area contributed by atoms with Crippen LogP contribution in [0.1, 0.15) is 28.8 Å². The molecule has 1 amide bonds. The number of esters is 1. The van der Waals surface area contributed by atoms with Gasteiger partial charge in [-0.3, -0.25) is 4.79 Å². The fraction of sp³-hybridized carbons (Fsp3) is 0.176. The summed E-state index contributed by atoms with van der Waals surface area (Å²) in [5.41, 5.74) is 1.40. The average Bonchev–Trinajstić information content (AvgIpc) is 3.08. The third-order valence-corrected chi connectivity index (χ3v) is 3.57. The van der Waals surface area contributed by atoms with Gasteiger partial charge in [-0.05, 0) is 32.0 Å². The molecular formula is C17H14N6O3. The number of nitriles is 1. The number of nitrogens with one attached hydrogen (secondary N) is 1. The van der Waals surface area contributed by atoms with Crippen LogP contribution in [0.15, 0.2) is 36.5 Å². The Morgan fingerprint density at radius 2 is 2.08 bits per heavy atom. The summed E-state index contributed by atoms with van der Waals surface area (Å²) in [4.78, 5) is 32.4. The number of ether oxygens (including phenoxy) is 1. The zero-order valence-corrected chi connectivity index (χ0v) is 14.0. The van der Waals surface area contributed by atoms with Gasteiger partial charge in [-0.2, -0.15) is 10.2 Å². The molecule has 0 fully saturated rings. The van der Waals surface area contributed by atoms with E-state index < -0.39 is 18.0 Å². The average molecular weight is 350 g/mol. The van der Waals surface area contributed by atoms with Gasteiger partial charge < -0.3 is 10.1 Å². The molecule has 0 spiro atoms. The van der Waals surface area contributed by atoms with Crippen LogP contribution >= 0.6 is 0 Å². The molecule has 3 aromatic rings. The van der Waals surface area contributed by atoms with Gasteiger partial charge >= 0.3 is 5.97 Å². The van der Waals surface area contributed by atoms with E-state index in [1.807, 2.05) is 6.07 Å². The molecule has 1 atom stereocenters. The second-order valence-electron chi connectivity index (χ2n) is 5.43. The second-order valence-corrected chi connectivity index (χ2v) is 5.43. The van der Waals surface area contributed by atoms with E-state index in [2.05, 4.69) is 20.4 Å². The van der Waals surface area contributed by atoms with Gasteiger partial charge in [0.05, 0.1) is 11.3 Å². The Labute approximate surface area is 148 Å². The van der Waals surface area contributed by atoms with Gasteiger partial charge in [0.1, 0.15) is 6.07 Å². The fourth-order valence-corrected chi connectivity index (χ4v) is 2.18. The van der Waals surface area contributed by atoms with Gasteiger partial charge in [-0.1, -0.05) is 12.1 Å². The van der Waals surface area contributed by atoms with E-state index in [1.54, 1.807) is 43.5 Å². The van der Waals surface area contributed by atoms with Crippen molar-refractivity contribution in [3.8, 4) is 6.07 Å². The van der Waals surface area contributed by atoms with Crippen LogP contribution in [0, 0.1) is 18.3 Å². The molecule has 26 heavy (non-hydrogen) atoms. The highest BCUT2D eigenvalue weighted by atomic mass is 16.5. The smallest absolute Gasteiger partial charge is 0.379 e. The molecular weight excluding hydrogens is 336 g/mol. The summed E-state index contributed by atoms with van der Waals surface area (Å²) in [5, 5.41) is 15.6. The minimum atomic E-state index is -1.10. The number of hydrogen-bond donors (Lipinski definition) is 1. The first-order valence-electron chi connectivity index (χ1n) is 7.69. The summed E-state index contributed by atoms with van der Waals surface area (Å²) in [5.74, 6) is -1.34. The quantitative estimate of drug-likeness (QED) is 0.707. The Bertz CT molecular complexity index is 1040. The number of aryl methyl sites for hydroxylation is 1. The number of anilines is 1. The molecule has 9 heteroatoms. The molecule has 1 N–H and O–H groups in total. The summed E-state index contributed by atoms with van der Waals surface area (Å²) in [6, 6.07) is 10.2. The Morgan fingerprint density at radius 1 is 1.31 bits per heavy atom. The van der Waals surface area contributed by atoms with Crippen LogP contribution in [0.3, 0.4) is 0 Å². The molecule has 0 saturated carbocycles. The maximum Gasteiger partial charge on any atom is 0.379 e. The topological polar surface area (TPSA) is 122 Å². The lowest BCUT2D eigenvalue weighted by atomic mass is 10.2. The third-order valence-electron chi connectivity index (χ3n) is 3.57. The van der Waals surface area contributed by atoms with Gasteiger partial charge in [0.25, 0.3) is 17.5 Å². The minimum absolute atomic E-state index is 0.191. The molecule has 3 rings (SSSR count). The highest BCUT2D eigenvalue weighted by molar-refractivity contribution is 5.97. The first-order chi connectivity index (χ1) is 12.5. The number of rotatable bonds is 4. The molecule has 1 aromatic carbocycles. The fourth-order valence-electron chi connectivity index (χ4n) is 2.18. The highest BCUT2D eigenvalue weighted by Gasteiger charge is 2.23. The van der Waals surface area contributed by atoms with Crippen molar-refractivity contribution in [2.45, 2.75) is 20.0 Å². The van der Waals surface area contributed by atoms with Crippen molar-refractivity contribution in [1.29, 1.82) is 5.26 Å². The van der Waals surface area contributed by atoms with Crippen LogP contribution < -0.4 is 5.32 Å². The number of carbonyl (C=O) groups is 2. The van der Waals surface area contributed by atoms with Gasteiger partial charge in [0.2, 0.25) is 0 Å². The lowest BCUT2D eigenvalue weighted by molar-refractivity contribution is -0.123. The Balaban J connectivity index is 1.71. The maximum atomic E-state index is 12.2. The number of fused-ring (bicyclic) bond motifs is 1. The number of hydrogen-bond acceptors (Lipinski definition) is 7. The molecule has 2 aromatic heterocycles. The van der Waals surface area contributed by atoms with E-state index in [0.717, 1.165) is 5.69 Å². The lowest BCUT2D eigenvalue weighted by Gasteiger charge is -2.13. The van der Waals surface area contributed by atoms with E-state index in [1.165, 1.54) is 11.4 Å². The highest BCUT2D eigenvalue weighted by Crippen LogP contribution is 2.14. The number of nitrogens with zero attached hydrogens (tertiary/aromatic N) is 5. The molecule has 9 nitrogen and oxygen atoms in total. The number of amides is 1. The number of benzene rings is 1. The SMILES string of the molecule is Cc1ccnc2nc(C(=O)OC(C)C(=O)Nc3ccccc3C#N)nn12. The standard InChI is InChI=1S/C17H14N6O3/c1-10-7-8-19-17-21-14(22-23(10)17)16(25)26-11(2)15(24)20-13-6-4-3-5-12(13)9-18/h3-8,11H,1-2H3,(H,20,24). The zero-order valence-electron chi connectivity index (χ0n) is 14.0. The van der Waals surface area contributed by atoms with Gasteiger partial charge in [0.15, 0.2) is 6.10 Å². The van der Waals surface area contributed by atoms with E-state index in [9.17, 15) is 9.59 Å². The first kappa shape index (κ1) is 17.0. The summed E-state index contributed by atoms with van der Waals surface area (Å²) in [6.45, 7) is 3.21. The monoisotopic (exact) mass is 350 g/mol. The Kier molecular flexibility index (Phi) is 4.57. The van der Waals surface area contributed by atoms with E-state index in [0.29, 0.717) is 11.3 Å². The van der Waals surface area contributed by atoms with Crippen LogP contribution in [0.4, 0.5) is 5.69 Å². The van der Waals surface area contributed by atoms with Crippen LogP contribution in [-0.2, 0) is 9.53 Å². The molecule has 0 saturated heterocycles. The molecule has 0 aliphatic rings. The summed E-state index contributed by atoms with van der Waals surface area (Å²) in [7, 11) is 0. The van der Waals surface area contributed by atoms with Crippen LogP contribution in [0.2, 0.25) is 0 Å². The molecule has 0 bridgehead atoms. The van der Waals surface area contributed by atoms with Crippen molar-refractivity contribution >= 4 is 23.3 Å². The van der Waals surface area contributed by atoms with Crippen molar-refractivity contribution in [2.24, 2.45) is 0 Å². The predicted molar refractivity (Wildman–Crippen MR) is 90.2 cm³/mol. The second kappa shape index (κ2) is 6.98. The summed E-state index contributed by atoms with van der Waals surface area (Å²) < 4.78 is 6.52. The first-order valence-corrected chi connectivity index (χ1v) is 7.69. The number of para-hydroxylation sites is 1. The molecule has 130 valence electrons. The van der Waals surface area contributed by atoms with Crippen molar-refractivity contribution in [1.82, 2.24) is 19.6 Å². The Hall–Kier alpha value is -3.80. The van der Waals surface area contributed by atoms with Crippen molar-refractivity contribution < 1.29 is 14.3 Å². The molecule has 0 radical (unpaired) electrons. The van der Waals surface area contributed by atoms with Crippen LogP contribution in [0.5, 0.6) is 0 Å². The van der Waals surface area contributed by atoms with Crippen LogP contribution in [0.25, 0.3) is 5.78 Å². The van der Waals surface area contributed by atoms with Crippen molar-refractivity contribution in [3.05, 3.63) is 53.6 Å². The number of aromatic nitrogens is 4. The predicted octanol–water partition coefficient (Wildman–Crippen LogP) is 1.49. The number of carbonyl (C=O) groups excluding carboxylic acids is 2. The summed E-state index contributed by atoms with van der Waals surface area (Å²) in [6.07, 6.45) is 0.451. The third kappa shape index (κ3) is 3.34. The molecule has 1 unspecified atom stereocenters. The Morgan fingerprint density at radius 3 is 2.81 bits per heavy atom. The van der Waals surface area contributed by atoms with Crippen molar-refractivity contribution in [2.75, 3.05) is 5.32 Å². The largest absolute Gasteiger partial charge is 0.447 e. The molecule has 0 aliphatic carbocycles. The summed E-state index contributed by atoms with van der Waals surface area (Å²) >= 11 is 0. The zero-order chi connectivity index (χ0) is 18.7. The normalized spacial score (nSPS) is 11.6.